The maximum atomic E-state index is 6.43. The standard InChI is InChI=1S/C18H29N/c1-3-15-8-10-17(11-9-15)18(19)13-12-16-7-5-4-6-14(16)2/h4-7,15,17-18H,3,8-13,19H2,1-2H3. The molecule has 1 nitrogen and oxygen atoms in total. The third-order valence-electron chi connectivity index (χ3n) is 5.08. The van der Waals surface area contributed by atoms with Gasteiger partial charge in [-0.2, -0.15) is 0 Å². The van der Waals surface area contributed by atoms with E-state index in [0.29, 0.717) is 6.04 Å². The van der Waals surface area contributed by atoms with E-state index < -0.39 is 0 Å². The van der Waals surface area contributed by atoms with Crippen molar-refractivity contribution in [1.82, 2.24) is 0 Å². The summed E-state index contributed by atoms with van der Waals surface area (Å²) in [5, 5.41) is 0. The highest BCUT2D eigenvalue weighted by Crippen LogP contribution is 2.33. The van der Waals surface area contributed by atoms with Crippen LogP contribution < -0.4 is 5.73 Å². The highest BCUT2D eigenvalue weighted by Gasteiger charge is 2.24. The van der Waals surface area contributed by atoms with Crippen molar-refractivity contribution in [2.24, 2.45) is 17.6 Å². The minimum atomic E-state index is 0.400. The lowest BCUT2D eigenvalue weighted by Gasteiger charge is -2.31. The SMILES string of the molecule is CCC1CCC(C(N)CCc2ccccc2C)CC1. The molecule has 1 saturated carbocycles. The van der Waals surface area contributed by atoms with E-state index in [1.165, 1.54) is 43.2 Å². The maximum Gasteiger partial charge on any atom is 0.00703 e. The number of hydrogen-bond acceptors (Lipinski definition) is 1. The molecule has 2 N–H and O–H groups in total. The van der Waals surface area contributed by atoms with Crippen LogP contribution in [0, 0.1) is 18.8 Å². The summed E-state index contributed by atoms with van der Waals surface area (Å²) in [5.74, 6) is 1.74. The molecule has 1 atom stereocenters. The zero-order chi connectivity index (χ0) is 13.7. The normalized spacial score (nSPS) is 25.2. The minimum Gasteiger partial charge on any atom is -0.327 e. The largest absolute Gasteiger partial charge is 0.327 e. The molecule has 1 aliphatic carbocycles. The molecule has 19 heavy (non-hydrogen) atoms. The van der Waals surface area contributed by atoms with Gasteiger partial charge in [0.15, 0.2) is 0 Å². The number of nitrogens with two attached hydrogens (primary N) is 1. The second kappa shape index (κ2) is 7.09. The van der Waals surface area contributed by atoms with Crippen LogP contribution >= 0.6 is 0 Å². The van der Waals surface area contributed by atoms with Crippen LogP contribution in [0.4, 0.5) is 0 Å². The first kappa shape index (κ1) is 14.6. The van der Waals surface area contributed by atoms with Crippen LogP contribution in [0.3, 0.4) is 0 Å². The van der Waals surface area contributed by atoms with Crippen LogP contribution in [0.2, 0.25) is 0 Å². The predicted molar refractivity (Wildman–Crippen MR) is 83.2 cm³/mol. The Morgan fingerprint density at radius 3 is 2.47 bits per heavy atom. The van der Waals surface area contributed by atoms with Gasteiger partial charge in [0.2, 0.25) is 0 Å². The van der Waals surface area contributed by atoms with Gasteiger partial charge in [0.05, 0.1) is 0 Å². The van der Waals surface area contributed by atoms with Gasteiger partial charge < -0.3 is 5.73 Å². The molecule has 1 aromatic carbocycles. The van der Waals surface area contributed by atoms with Gasteiger partial charge >= 0.3 is 0 Å². The molecule has 0 spiro atoms. The summed E-state index contributed by atoms with van der Waals surface area (Å²) in [6, 6.07) is 9.10. The fourth-order valence-electron chi connectivity index (χ4n) is 3.47. The molecule has 0 saturated heterocycles. The number of hydrogen-bond donors (Lipinski definition) is 1. The monoisotopic (exact) mass is 259 g/mol. The summed E-state index contributed by atoms with van der Waals surface area (Å²) in [5.41, 5.74) is 9.31. The summed E-state index contributed by atoms with van der Waals surface area (Å²) in [6.45, 7) is 4.52. The van der Waals surface area contributed by atoms with Gasteiger partial charge in [-0.25, -0.2) is 0 Å². The summed E-state index contributed by atoms with van der Waals surface area (Å²) < 4.78 is 0. The van der Waals surface area contributed by atoms with Crippen molar-refractivity contribution in [2.45, 2.75) is 64.8 Å². The number of benzene rings is 1. The molecule has 1 aromatic rings. The van der Waals surface area contributed by atoms with Crippen LogP contribution in [0.5, 0.6) is 0 Å². The van der Waals surface area contributed by atoms with Crippen LogP contribution in [-0.2, 0) is 6.42 Å². The van der Waals surface area contributed by atoms with E-state index in [9.17, 15) is 0 Å². The van der Waals surface area contributed by atoms with Crippen molar-refractivity contribution in [1.29, 1.82) is 0 Å². The summed E-state index contributed by atoms with van der Waals surface area (Å²) in [7, 11) is 0. The fourth-order valence-corrected chi connectivity index (χ4v) is 3.47. The summed E-state index contributed by atoms with van der Waals surface area (Å²) in [4.78, 5) is 0. The maximum absolute atomic E-state index is 6.43. The molecule has 1 aliphatic rings. The highest BCUT2D eigenvalue weighted by molar-refractivity contribution is 5.25. The van der Waals surface area contributed by atoms with E-state index in [4.69, 9.17) is 5.73 Å². The van der Waals surface area contributed by atoms with Gasteiger partial charge in [0.25, 0.3) is 0 Å². The third-order valence-corrected chi connectivity index (χ3v) is 5.08. The fraction of sp³-hybridized carbons (Fsp3) is 0.667. The van der Waals surface area contributed by atoms with Crippen LogP contribution in [0.1, 0.15) is 56.6 Å². The van der Waals surface area contributed by atoms with E-state index in [0.717, 1.165) is 24.7 Å². The Balaban J connectivity index is 1.79. The van der Waals surface area contributed by atoms with E-state index in [1.54, 1.807) is 0 Å². The van der Waals surface area contributed by atoms with Gasteiger partial charge in [0.1, 0.15) is 0 Å². The van der Waals surface area contributed by atoms with E-state index in [2.05, 4.69) is 38.1 Å². The third kappa shape index (κ3) is 4.07. The first-order valence-corrected chi connectivity index (χ1v) is 8.00. The Kier molecular flexibility index (Phi) is 5.45. The number of aryl methyl sites for hydroxylation is 2. The molecule has 0 bridgehead atoms. The topological polar surface area (TPSA) is 26.0 Å². The minimum absolute atomic E-state index is 0.400. The smallest absolute Gasteiger partial charge is 0.00703 e. The zero-order valence-corrected chi connectivity index (χ0v) is 12.6. The molecule has 1 heteroatoms. The molecule has 1 unspecified atom stereocenters. The lowest BCUT2D eigenvalue weighted by molar-refractivity contribution is 0.233. The summed E-state index contributed by atoms with van der Waals surface area (Å²) in [6.07, 6.45) is 9.15. The first-order chi connectivity index (χ1) is 9.20. The average molecular weight is 259 g/mol. The number of rotatable bonds is 5. The van der Waals surface area contributed by atoms with Crippen molar-refractivity contribution < 1.29 is 0 Å². The van der Waals surface area contributed by atoms with E-state index in [1.807, 2.05) is 0 Å². The Morgan fingerprint density at radius 1 is 1.16 bits per heavy atom. The Labute approximate surface area is 118 Å². The first-order valence-electron chi connectivity index (χ1n) is 8.00. The van der Waals surface area contributed by atoms with Crippen LogP contribution in [0.25, 0.3) is 0 Å². The molecule has 0 aromatic heterocycles. The van der Waals surface area contributed by atoms with Crippen molar-refractivity contribution in [3.63, 3.8) is 0 Å². The van der Waals surface area contributed by atoms with E-state index in [-0.39, 0.29) is 0 Å². The molecular formula is C18H29N. The van der Waals surface area contributed by atoms with E-state index >= 15 is 0 Å². The average Bonchev–Trinajstić information content (AvgIpc) is 2.46. The second-order valence-electron chi connectivity index (χ2n) is 6.32. The van der Waals surface area contributed by atoms with Crippen molar-refractivity contribution in [3.8, 4) is 0 Å². The highest BCUT2D eigenvalue weighted by atomic mass is 14.6. The molecule has 0 heterocycles. The second-order valence-corrected chi connectivity index (χ2v) is 6.32. The van der Waals surface area contributed by atoms with Gasteiger partial charge in [-0.15, -0.1) is 0 Å². The van der Waals surface area contributed by atoms with Crippen LogP contribution in [-0.4, -0.2) is 6.04 Å². The lowest BCUT2D eigenvalue weighted by Crippen LogP contribution is -2.33. The Hall–Kier alpha value is -0.820. The molecule has 106 valence electrons. The quantitative estimate of drug-likeness (QED) is 0.829. The van der Waals surface area contributed by atoms with Crippen molar-refractivity contribution in [3.05, 3.63) is 35.4 Å². The van der Waals surface area contributed by atoms with Gasteiger partial charge in [-0.3, -0.25) is 0 Å². The molecule has 0 radical (unpaired) electrons. The van der Waals surface area contributed by atoms with Crippen LogP contribution in [0.15, 0.2) is 24.3 Å². The zero-order valence-electron chi connectivity index (χ0n) is 12.6. The van der Waals surface area contributed by atoms with Crippen molar-refractivity contribution in [2.75, 3.05) is 0 Å². The lowest BCUT2D eigenvalue weighted by atomic mass is 9.76. The molecule has 1 fully saturated rings. The van der Waals surface area contributed by atoms with Gasteiger partial charge in [0, 0.05) is 6.04 Å². The predicted octanol–water partition coefficient (Wildman–Crippen LogP) is 4.47. The molecule has 0 aliphatic heterocycles. The Morgan fingerprint density at radius 2 is 1.84 bits per heavy atom. The van der Waals surface area contributed by atoms with Gasteiger partial charge in [-0.05, 0) is 55.6 Å². The summed E-state index contributed by atoms with van der Waals surface area (Å²) >= 11 is 0. The molecule has 2 rings (SSSR count). The van der Waals surface area contributed by atoms with Gasteiger partial charge in [-0.1, -0.05) is 50.5 Å². The molecular weight excluding hydrogens is 230 g/mol. The Bertz CT molecular complexity index is 377. The van der Waals surface area contributed by atoms with Crippen molar-refractivity contribution >= 4 is 0 Å². The molecule has 0 amide bonds.